The Morgan fingerprint density at radius 3 is 2.24 bits per heavy atom. The van der Waals surface area contributed by atoms with Crippen molar-refractivity contribution < 1.29 is 14.6 Å². The molecule has 1 saturated heterocycles. The van der Waals surface area contributed by atoms with Gasteiger partial charge in [-0.1, -0.05) is 36.4 Å². The average Bonchev–Trinajstić information content (AvgIpc) is 3.51. The number of hydrogen-bond acceptors (Lipinski definition) is 5. The average molecular weight is 507 g/mol. The summed E-state index contributed by atoms with van der Waals surface area (Å²) >= 11 is 0. The van der Waals surface area contributed by atoms with Crippen LogP contribution in [0.2, 0.25) is 0 Å². The van der Waals surface area contributed by atoms with Crippen molar-refractivity contribution >= 4 is 28.2 Å². The van der Waals surface area contributed by atoms with Crippen LogP contribution < -0.4 is 19.3 Å². The first-order chi connectivity index (χ1) is 18.5. The number of benzene rings is 4. The first kappa shape index (κ1) is 24.4. The Morgan fingerprint density at radius 1 is 0.921 bits per heavy atom. The first-order valence-electron chi connectivity index (χ1n) is 13.3. The number of ether oxygens (including phenoxy) is 2. The number of anilines is 2. The van der Waals surface area contributed by atoms with Crippen LogP contribution >= 0.6 is 0 Å². The van der Waals surface area contributed by atoms with Crippen LogP contribution in [-0.2, 0) is 12.2 Å². The molecule has 1 fully saturated rings. The van der Waals surface area contributed by atoms with Gasteiger partial charge in [0.25, 0.3) is 0 Å². The number of aliphatic hydroxyl groups is 1. The molecular weight excluding hydrogens is 472 g/mol. The monoisotopic (exact) mass is 506 g/mol. The van der Waals surface area contributed by atoms with Gasteiger partial charge in [0.05, 0.1) is 13.7 Å². The SMILES string of the molecule is COc1ccc(C2(c3ccc(N(C)C)cc3)C=Cc3c(CO)cc4ccc(N5CCCC5)cc4c3O2)cc1. The van der Waals surface area contributed by atoms with Crippen molar-refractivity contribution in [2.45, 2.75) is 25.0 Å². The van der Waals surface area contributed by atoms with Gasteiger partial charge in [-0.15, -0.1) is 0 Å². The minimum Gasteiger partial charge on any atom is -0.497 e. The summed E-state index contributed by atoms with van der Waals surface area (Å²) < 4.78 is 12.6. The zero-order valence-electron chi connectivity index (χ0n) is 22.3. The van der Waals surface area contributed by atoms with Crippen molar-refractivity contribution in [2.24, 2.45) is 0 Å². The van der Waals surface area contributed by atoms with Crippen LogP contribution in [0, 0.1) is 0 Å². The maximum atomic E-state index is 10.3. The Labute approximate surface area is 224 Å². The van der Waals surface area contributed by atoms with Crippen molar-refractivity contribution in [1.29, 1.82) is 0 Å². The molecule has 2 heterocycles. The normalized spacial score (nSPS) is 18.4. The van der Waals surface area contributed by atoms with Crippen molar-refractivity contribution in [3.05, 3.63) is 101 Å². The van der Waals surface area contributed by atoms with Gasteiger partial charge in [-0.2, -0.15) is 0 Å². The van der Waals surface area contributed by atoms with E-state index in [9.17, 15) is 5.11 Å². The summed E-state index contributed by atoms with van der Waals surface area (Å²) in [4.78, 5) is 4.54. The molecule has 0 aliphatic carbocycles. The zero-order valence-corrected chi connectivity index (χ0v) is 22.3. The van der Waals surface area contributed by atoms with E-state index in [2.05, 4.69) is 82.6 Å². The van der Waals surface area contributed by atoms with E-state index in [1.54, 1.807) is 7.11 Å². The highest BCUT2D eigenvalue weighted by Gasteiger charge is 2.38. The second kappa shape index (κ2) is 9.73. The molecule has 0 radical (unpaired) electrons. The van der Waals surface area contributed by atoms with E-state index in [0.29, 0.717) is 0 Å². The van der Waals surface area contributed by atoms with Gasteiger partial charge in [-0.25, -0.2) is 0 Å². The molecule has 38 heavy (non-hydrogen) atoms. The van der Waals surface area contributed by atoms with Crippen LogP contribution in [0.25, 0.3) is 16.8 Å². The largest absolute Gasteiger partial charge is 0.497 e. The number of rotatable bonds is 6. The molecule has 0 aromatic heterocycles. The quantitative estimate of drug-likeness (QED) is 0.330. The summed E-state index contributed by atoms with van der Waals surface area (Å²) in [5, 5.41) is 12.4. The molecular formula is C33H34N2O3. The zero-order chi connectivity index (χ0) is 26.3. The fourth-order valence-corrected chi connectivity index (χ4v) is 5.74. The second-order valence-corrected chi connectivity index (χ2v) is 10.4. The summed E-state index contributed by atoms with van der Waals surface area (Å²) in [5.41, 5.74) is 5.36. The van der Waals surface area contributed by atoms with Crippen LogP contribution in [0.3, 0.4) is 0 Å². The van der Waals surface area contributed by atoms with E-state index >= 15 is 0 Å². The topological polar surface area (TPSA) is 45.2 Å². The third-order valence-electron chi connectivity index (χ3n) is 7.92. The molecule has 0 saturated carbocycles. The van der Waals surface area contributed by atoms with Crippen LogP contribution in [0.4, 0.5) is 11.4 Å². The highest BCUT2D eigenvalue weighted by molar-refractivity contribution is 5.96. The van der Waals surface area contributed by atoms with E-state index in [0.717, 1.165) is 63.3 Å². The number of methoxy groups -OCH3 is 1. The molecule has 5 heteroatoms. The van der Waals surface area contributed by atoms with Crippen molar-refractivity contribution in [3.63, 3.8) is 0 Å². The molecule has 5 nitrogen and oxygen atoms in total. The molecule has 4 aromatic rings. The Morgan fingerprint density at radius 2 is 1.61 bits per heavy atom. The molecule has 1 N–H and O–H groups in total. The molecule has 194 valence electrons. The van der Waals surface area contributed by atoms with Crippen molar-refractivity contribution in [1.82, 2.24) is 0 Å². The highest BCUT2D eigenvalue weighted by Crippen LogP contribution is 2.47. The lowest BCUT2D eigenvalue weighted by Gasteiger charge is -2.37. The molecule has 2 aliphatic rings. The number of nitrogens with zero attached hydrogens (tertiary/aromatic N) is 2. The molecule has 0 amide bonds. The van der Waals surface area contributed by atoms with Gasteiger partial charge in [-0.3, -0.25) is 0 Å². The Hall–Kier alpha value is -3.96. The lowest BCUT2D eigenvalue weighted by atomic mass is 9.82. The second-order valence-electron chi connectivity index (χ2n) is 10.4. The molecule has 0 spiro atoms. The van der Waals surface area contributed by atoms with Gasteiger partial charge in [0, 0.05) is 60.6 Å². The maximum Gasteiger partial charge on any atom is 0.178 e. The number of aliphatic hydroxyl groups excluding tert-OH is 1. The van der Waals surface area contributed by atoms with Gasteiger partial charge in [-0.05, 0) is 72.3 Å². The predicted molar refractivity (Wildman–Crippen MR) is 156 cm³/mol. The molecule has 1 unspecified atom stereocenters. The minimum atomic E-state index is -0.839. The summed E-state index contributed by atoms with van der Waals surface area (Å²) in [5.74, 6) is 1.61. The van der Waals surface area contributed by atoms with E-state index in [-0.39, 0.29) is 6.61 Å². The minimum absolute atomic E-state index is 0.0487. The highest BCUT2D eigenvalue weighted by atomic mass is 16.5. The number of hydrogen-bond donors (Lipinski definition) is 1. The lowest BCUT2D eigenvalue weighted by molar-refractivity contribution is 0.162. The lowest BCUT2D eigenvalue weighted by Crippen LogP contribution is -2.34. The molecule has 2 aliphatic heterocycles. The van der Waals surface area contributed by atoms with Crippen LogP contribution in [0.1, 0.15) is 35.1 Å². The summed E-state index contributed by atoms with van der Waals surface area (Å²) in [6, 6.07) is 25.3. The molecule has 0 bridgehead atoms. The first-order valence-corrected chi connectivity index (χ1v) is 13.3. The fourth-order valence-electron chi connectivity index (χ4n) is 5.74. The van der Waals surface area contributed by atoms with E-state index in [1.807, 2.05) is 26.2 Å². The molecule has 4 aromatic carbocycles. The Bertz CT molecular complexity index is 1490. The van der Waals surface area contributed by atoms with Crippen molar-refractivity contribution in [2.75, 3.05) is 44.1 Å². The summed E-state index contributed by atoms with van der Waals surface area (Å²) in [6.07, 6.45) is 6.69. The summed E-state index contributed by atoms with van der Waals surface area (Å²) in [7, 11) is 5.77. The van der Waals surface area contributed by atoms with Crippen LogP contribution in [-0.4, -0.2) is 39.4 Å². The summed E-state index contributed by atoms with van der Waals surface area (Å²) in [6.45, 7) is 2.11. The van der Waals surface area contributed by atoms with E-state index in [1.165, 1.54) is 18.5 Å². The third-order valence-corrected chi connectivity index (χ3v) is 7.92. The van der Waals surface area contributed by atoms with Crippen LogP contribution in [0.15, 0.2) is 78.9 Å². The van der Waals surface area contributed by atoms with Gasteiger partial charge in [0.15, 0.2) is 5.60 Å². The standard InChI is InChI=1S/C33H34N2O3/c1-34(2)27-12-7-25(8-13-27)33(26-9-14-29(37-3)15-10-26)17-16-30-24(22-36)20-23-6-11-28(35-18-4-5-19-35)21-31(23)32(30)38-33/h6-17,20-21,36H,4-5,18-19,22H2,1-3H3. The predicted octanol–water partition coefficient (Wildman–Crippen LogP) is 6.36. The van der Waals surface area contributed by atoms with Gasteiger partial charge < -0.3 is 24.4 Å². The van der Waals surface area contributed by atoms with Gasteiger partial charge in [0.1, 0.15) is 11.5 Å². The fraction of sp³-hybridized carbons (Fsp3) is 0.273. The van der Waals surface area contributed by atoms with Gasteiger partial charge in [0.2, 0.25) is 0 Å². The molecule has 6 rings (SSSR count). The van der Waals surface area contributed by atoms with E-state index < -0.39 is 5.60 Å². The smallest absolute Gasteiger partial charge is 0.178 e. The maximum absolute atomic E-state index is 10.3. The van der Waals surface area contributed by atoms with Gasteiger partial charge >= 0.3 is 0 Å². The molecule has 1 atom stereocenters. The number of fused-ring (bicyclic) bond motifs is 3. The third kappa shape index (κ3) is 4.07. The Kier molecular flexibility index (Phi) is 6.24. The van der Waals surface area contributed by atoms with Crippen LogP contribution in [0.5, 0.6) is 11.5 Å². The van der Waals surface area contributed by atoms with E-state index in [4.69, 9.17) is 9.47 Å². The Balaban J connectivity index is 1.56. The van der Waals surface area contributed by atoms with Crippen molar-refractivity contribution in [3.8, 4) is 11.5 Å².